The van der Waals surface area contributed by atoms with Gasteiger partial charge in [0.15, 0.2) is 40.3 Å². The van der Waals surface area contributed by atoms with Crippen LogP contribution < -0.4 is 9.47 Å². The Morgan fingerprint density at radius 2 is 1.61 bits per heavy atom. The number of Topliss-reactive ketones (excluding diaryl/α,β-unsaturated/α-hetero) is 1. The van der Waals surface area contributed by atoms with E-state index in [1.54, 1.807) is 0 Å². The molecule has 12 nitrogen and oxygen atoms in total. The molecule has 13 heteroatoms. The van der Waals surface area contributed by atoms with Crippen LogP contribution in [0.2, 0.25) is 0 Å². The van der Waals surface area contributed by atoms with Crippen LogP contribution >= 0.6 is 0 Å². The maximum Gasteiger partial charge on any atom is 0.362 e. The number of carbonyl (C=O) groups excluding carboxylic acids is 3. The Balaban J connectivity index is 1.67. The molecule has 44 heavy (non-hydrogen) atoms. The molecule has 4 rings (SSSR count). The number of allylic oxidation sites excluding steroid dienone is 3. The second-order valence-electron chi connectivity index (χ2n) is 9.17. The lowest BCUT2D eigenvalue weighted by molar-refractivity contribution is -0.121. The van der Waals surface area contributed by atoms with Crippen LogP contribution in [-0.2, 0) is 23.9 Å². The van der Waals surface area contributed by atoms with Gasteiger partial charge in [-0.25, -0.2) is 0 Å². The molecule has 1 aliphatic carbocycles. The van der Waals surface area contributed by atoms with E-state index in [9.17, 15) is 33.0 Å². The SMILES string of the molecule is COc1cc(C=CC(=O)CC(=O)C=C(OS(=O)(=O)c2cccc3c2C=CC(=[N+]=[N-])C3=O)c2ccc(O)c(OC)c2)ccc1O. The quantitative estimate of drug-likeness (QED) is 0.0796. The van der Waals surface area contributed by atoms with Gasteiger partial charge in [0.25, 0.3) is 5.78 Å². The van der Waals surface area contributed by atoms with E-state index in [1.165, 1.54) is 81.0 Å². The molecular weight excluding hydrogens is 592 g/mol. The number of phenolic OH excluding ortho intramolecular Hbond substituents is 2. The van der Waals surface area contributed by atoms with E-state index in [-0.39, 0.29) is 45.4 Å². The van der Waals surface area contributed by atoms with Crippen molar-refractivity contribution < 1.29 is 51.5 Å². The van der Waals surface area contributed by atoms with Crippen molar-refractivity contribution in [2.75, 3.05) is 14.2 Å². The van der Waals surface area contributed by atoms with Gasteiger partial charge < -0.3 is 29.4 Å². The molecule has 0 heterocycles. The summed E-state index contributed by atoms with van der Waals surface area (Å²) in [5.74, 6) is -2.85. The number of ether oxygens (including phenoxy) is 2. The van der Waals surface area contributed by atoms with Crippen molar-refractivity contribution in [1.82, 2.24) is 0 Å². The third-order valence-corrected chi connectivity index (χ3v) is 7.59. The molecule has 0 saturated carbocycles. The number of carbonyl (C=O) groups is 3. The fourth-order valence-corrected chi connectivity index (χ4v) is 5.31. The third-order valence-electron chi connectivity index (χ3n) is 6.30. The Hall–Kier alpha value is -5.78. The lowest BCUT2D eigenvalue weighted by Crippen LogP contribution is -2.20. The third kappa shape index (κ3) is 6.81. The zero-order valence-corrected chi connectivity index (χ0v) is 24.1. The summed E-state index contributed by atoms with van der Waals surface area (Å²) >= 11 is 0. The number of benzene rings is 3. The van der Waals surface area contributed by atoms with E-state index in [4.69, 9.17) is 19.2 Å². The van der Waals surface area contributed by atoms with Gasteiger partial charge >= 0.3 is 15.8 Å². The van der Waals surface area contributed by atoms with Gasteiger partial charge in [0.2, 0.25) is 0 Å². The highest BCUT2D eigenvalue weighted by Gasteiger charge is 2.31. The minimum absolute atomic E-state index is 0.0156. The summed E-state index contributed by atoms with van der Waals surface area (Å²) in [4.78, 5) is 40.6. The summed E-state index contributed by atoms with van der Waals surface area (Å²) in [7, 11) is -2.08. The summed E-state index contributed by atoms with van der Waals surface area (Å²) in [5, 5.41) is 19.7. The second kappa shape index (κ2) is 13.0. The number of phenols is 2. The van der Waals surface area contributed by atoms with Crippen LogP contribution in [0.3, 0.4) is 0 Å². The monoisotopic (exact) mass is 616 g/mol. The standard InChI is InChI=1S/C31H24N2O10S/c1-41-28-14-18(7-12-25(28)36)6-9-20(34)16-21(35)17-27(19-8-13-26(37)29(15-19)42-2)43-44(39,40)30-5-3-4-23-22(30)10-11-24(33-32)31(23)38/h3-15,17,36-37H,16H2,1-2H3. The van der Waals surface area contributed by atoms with Crippen molar-refractivity contribution in [3.8, 4) is 23.0 Å². The zero-order chi connectivity index (χ0) is 32.0. The molecule has 0 bridgehead atoms. The average Bonchev–Trinajstić information content (AvgIpc) is 3.00. The first-order chi connectivity index (χ1) is 21.0. The number of aromatic hydroxyl groups is 2. The summed E-state index contributed by atoms with van der Waals surface area (Å²) in [6, 6.07) is 11.9. The van der Waals surface area contributed by atoms with E-state index >= 15 is 0 Å². The molecule has 2 N–H and O–H groups in total. The largest absolute Gasteiger partial charge is 0.504 e. The maximum absolute atomic E-state index is 13.5. The van der Waals surface area contributed by atoms with Gasteiger partial charge in [0.05, 0.1) is 20.6 Å². The Bertz CT molecular complexity index is 1930. The molecule has 0 radical (unpaired) electrons. The Kier molecular flexibility index (Phi) is 9.23. The smallest absolute Gasteiger partial charge is 0.362 e. The van der Waals surface area contributed by atoms with Gasteiger partial charge in [-0.3, -0.25) is 14.4 Å². The summed E-state index contributed by atoms with van der Waals surface area (Å²) in [5.41, 5.74) is 9.21. The van der Waals surface area contributed by atoms with Gasteiger partial charge in [-0.2, -0.15) is 13.2 Å². The van der Waals surface area contributed by atoms with Crippen LogP contribution in [0.5, 0.6) is 23.0 Å². The Morgan fingerprint density at radius 3 is 2.30 bits per heavy atom. The topological polar surface area (TPSA) is 190 Å². The number of nitrogens with zero attached hydrogens (tertiary/aromatic N) is 2. The van der Waals surface area contributed by atoms with Crippen molar-refractivity contribution in [3.63, 3.8) is 0 Å². The predicted octanol–water partition coefficient (Wildman–Crippen LogP) is 3.98. The molecule has 0 unspecified atom stereocenters. The number of methoxy groups -OCH3 is 2. The molecular formula is C31H24N2O10S. The Labute approximate surface area is 251 Å². The van der Waals surface area contributed by atoms with E-state index in [0.717, 1.165) is 18.2 Å². The lowest BCUT2D eigenvalue weighted by Gasteiger charge is -2.16. The molecule has 3 aromatic carbocycles. The average molecular weight is 617 g/mol. The predicted molar refractivity (Wildman–Crippen MR) is 158 cm³/mol. The van der Waals surface area contributed by atoms with Gasteiger partial charge in [-0.15, -0.1) is 0 Å². The molecule has 224 valence electrons. The fraction of sp³-hybridized carbons (Fsp3) is 0.0968. The number of fused-ring (bicyclic) bond motifs is 1. The molecule has 0 fully saturated rings. The molecule has 0 aliphatic heterocycles. The molecule has 0 saturated heterocycles. The van der Waals surface area contributed by atoms with Crippen LogP contribution in [0.4, 0.5) is 0 Å². The van der Waals surface area contributed by atoms with Crippen LogP contribution in [-0.4, -0.2) is 60.7 Å². The maximum atomic E-state index is 13.5. The van der Waals surface area contributed by atoms with Crippen LogP contribution in [0.25, 0.3) is 23.4 Å². The number of rotatable bonds is 11. The van der Waals surface area contributed by atoms with Gasteiger partial charge in [-0.05, 0) is 54.1 Å². The normalized spacial score (nSPS) is 12.9. The van der Waals surface area contributed by atoms with E-state index < -0.39 is 44.5 Å². The van der Waals surface area contributed by atoms with Crippen molar-refractivity contribution in [2.24, 2.45) is 0 Å². The van der Waals surface area contributed by atoms with Gasteiger partial charge in [0.1, 0.15) is 4.90 Å². The van der Waals surface area contributed by atoms with Crippen LogP contribution in [0, 0.1) is 0 Å². The van der Waals surface area contributed by atoms with Crippen molar-refractivity contribution in [3.05, 3.63) is 101 Å². The molecule has 3 aromatic rings. The van der Waals surface area contributed by atoms with Crippen molar-refractivity contribution in [2.45, 2.75) is 11.3 Å². The first-order valence-electron chi connectivity index (χ1n) is 12.7. The molecule has 0 atom stereocenters. The van der Waals surface area contributed by atoms with E-state index in [1.807, 2.05) is 0 Å². The molecule has 1 aliphatic rings. The fourth-order valence-electron chi connectivity index (χ4n) is 4.15. The van der Waals surface area contributed by atoms with Gasteiger partial charge in [-0.1, -0.05) is 24.3 Å². The van der Waals surface area contributed by atoms with E-state index in [2.05, 4.69) is 4.79 Å². The highest BCUT2D eigenvalue weighted by Crippen LogP contribution is 2.33. The highest BCUT2D eigenvalue weighted by atomic mass is 32.2. The van der Waals surface area contributed by atoms with Gasteiger partial charge in [0, 0.05) is 28.8 Å². The van der Waals surface area contributed by atoms with Crippen molar-refractivity contribution in [1.29, 1.82) is 0 Å². The number of ketones is 3. The Morgan fingerprint density at radius 1 is 0.932 bits per heavy atom. The summed E-state index contributed by atoms with van der Waals surface area (Å²) in [6.45, 7) is 0. The second-order valence-corrected chi connectivity index (χ2v) is 10.7. The first kappa shape index (κ1) is 31.2. The van der Waals surface area contributed by atoms with Crippen LogP contribution in [0.1, 0.15) is 33.5 Å². The minimum Gasteiger partial charge on any atom is -0.504 e. The lowest BCUT2D eigenvalue weighted by atomic mass is 9.95. The first-order valence-corrected chi connectivity index (χ1v) is 14.1. The van der Waals surface area contributed by atoms with Crippen LogP contribution in [0.15, 0.2) is 77.7 Å². The molecule has 0 spiro atoms. The van der Waals surface area contributed by atoms with E-state index in [0.29, 0.717) is 5.56 Å². The molecule has 0 amide bonds. The summed E-state index contributed by atoms with van der Waals surface area (Å²) < 4.78 is 42.6. The van der Waals surface area contributed by atoms with Crippen molar-refractivity contribution >= 4 is 51.1 Å². The number of hydrogen-bond donors (Lipinski definition) is 2. The molecule has 0 aromatic heterocycles. The zero-order valence-electron chi connectivity index (χ0n) is 23.3. The summed E-state index contributed by atoms with van der Waals surface area (Å²) in [6.07, 6.45) is 5.13. The number of hydrogen-bond acceptors (Lipinski definition) is 10. The minimum atomic E-state index is -4.72. The highest BCUT2D eigenvalue weighted by molar-refractivity contribution is 7.87.